The third-order valence-electron chi connectivity index (χ3n) is 3.16. The zero-order chi connectivity index (χ0) is 14.6. The van der Waals surface area contributed by atoms with E-state index in [1.165, 1.54) is 12.1 Å². The van der Waals surface area contributed by atoms with Crippen molar-refractivity contribution in [2.75, 3.05) is 6.61 Å². The molecule has 0 aliphatic carbocycles. The van der Waals surface area contributed by atoms with E-state index in [1.54, 1.807) is 30.3 Å². The SMILES string of the molecule is CC(C)c1ccc(OCC(F)(F)c2ccccc2)cc1. The summed E-state index contributed by atoms with van der Waals surface area (Å²) in [5, 5.41) is 0. The minimum atomic E-state index is -2.99. The summed E-state index contributed by atoms with van der Waals surface area (Å²) in [7, 11) is 0. The maximum atomic E-state index is 13.9. The van der Waals surface area contributed by atoms with E-state index in [1.807, 2.05) is 12.1 Å². The molecule has 0 bridgehead atoms. The molecule has 1 nitrogen and oxygen atoms in total. The molecule has 106 valence electrons. The van der Waals surface area contributed by atoms with Gasteiger partial charge in [-0.3, -0.25) is 0 Å². The lowest BCUT2D eigenvalue weighted by Gasteiger charge is -2.17. The molecule has 0 saturated heterocycles. The molecule has 0 N–H and O–H groups in total. The number of alkyl halides is 2. The van der Waals surface area contributed by atoms with Gasteiger partial charge in [0.25, 0.3) is 0 Å². The maximum absolute atomic E-state index is 13.9. The summed E-state index contributed by atoms with van der Waals surface area (Å²) < 4.78 is 33.1. The summed E-state index contributed by atoms with van der Waals surface area (Å²) >= 11 is 0. The Morgan fingerprint density at radius 1 is 0.950 bits per heavy atom. The van der Waals surface area contributed by atoms with E-state index in [-0.39, 0.29) is 5.56 Å². The summed E-state index contributed by atoms with van der Waals surface area (Å²) in [6, 6.07) is 15.0. The lowest BCUT2D eigenvalue weighted by molar-refractivity contribution is -0.0467. The van der Waals surface area contributed by atoms with Gasteiger partial charge in [-0.1, -0.05) is 56.3 Å². The van der Waals surface area contributed by atoms with Crippen LogP contribution in [0.25, 0.3) is 0 Å². The van der Waals surface area contributed by atoms with Crippen molar-refractivity contribution in [3.63, 3.8) is 0 Å². The minimum absolute atomic E-state index is 0.0289. The molecule has 0 saturated carbocycles. The van der Waals surface area contributed by atoms with Gasteiger partial charge in [-0.15, -0.1) is 0 Å². The lowest BCUT2D eigenvalue weighted by Crippen LogP contribution is -2.23. The first kappa shape index (κ1) is 14.5. The van der Waals surface area contributed by atoms with Crippen LogP contribution >= 0.6 is 0 Å². The zero-order valence-corrected chi connectivity index (χ0v) is 11.6. The van der Waals surface area contributed by atoms with Crippen molar-refractivity contribution in [1.29, 1.82) is 0 Å². The number of ether oxygens (including phenoxy) is 1. The highest BCUT2D eigenvalue weighted by Crippen LogP contribution is 2.29. The van der Waals surface area contributed by atoms with Gasteiger partial charge in [0.15, 0.2) is 6.61 Å². The molecule has 0 radical (unpaired) electrons. The van der Waals surface area contributed by atoms with Gasteiger partial charge in [0.1, 0.15) is 5.75 Å². The van der Waals surface area contributed by atoms with E-state index in [4.69, 9.17) is 4.74 Å². The minimum Gasteiger partial charge on any atom is -0.487 e. The zero-order valence-electron chi connectivity index (χ0n) is 11.6. The van der Waals surface area contributed by atoms with Crippen molar-refractivity contribution in [1.82, 2.24) is 0 Å². The monoisotopic (exact) mass is 276 g/mol. The van der Waals surface area contributed by atoms with Crippen molar-refractivity contribution in [2.45, 2.75) is 25.7 Å². The highest BCUT2D eigenvalue weighted by atomic mass is 19.3. The van der Waals surface area contributed by atoms with Crippen molar-refractivity contribution >= 4 is 0 Å². The topological polar surface area (TPSA) is 9.23 Å². The Hall–Kier alpha value is -1.90. The Balaban J connectivity index is 2.01. The average molecular weight is 276 g/mol. The fourth-order valence-corrected chi connectivity index (χ4v) is 1.89. The van der Waals surface area contributed by atoms with Gasteiger partial charge in [-0.2, -0.15) is 8.78 Å². The molecular weight excluding hydrogens is 258 g/mol. The highest BCUT2D eigenvalue weighted by Gasteiger charge is 2.32. The number of hydrogen-bond donors (Lipinski definition) is 0. The van der Waals surface area contributed by atoms with E-state index in [0.717, 1.165) is 5.56 Å². The van der Waals surface area contributed by atoms with E-state index in [0.29, 0.717) is 11.7 Å². The quantitative estimate of drug-likeness (QED) is 0.748. The smallest absolute Gasteiger partial charge is 0.306 e. The molecule has 2 rings (SSSR count). The molecule has 0 unspecified atom stereocenters. The first-order valence-electron chi connectivity index (χ1n) is 6.65. The van der Waals surface area contributed by atoms with Crippen LogP contribution in [0.3, 0.4) is 0 Å². The predicted molar refractivity (Wildman–Crippen MR) is 76.4 cm³/mol. The molecule has 0 fully saturated rings. The fourth-order valence-electron chi connectivity index (χ4n) is 1.89. The van der Waals surface area contributed by atoms with Gasteiger partial charge in [0.2, 0.25) is 0 Å². The van der Waals surface area contributed by atoms with Crippen LogP contribution in [-0.4, -0.2) is 6.61 Å². The van der Waals surface area contributed by atoms with Gasteiger partial charge in [0, 0.05) is 5.56 Å². The fraction of sp³-hybridized carbons (Fsp3) is 0.294. The van der Waals surface area contributed by atoms with Gasteiger partial charge < -0.3 is 4.74 Å². The Bertz CT molecular complexity index is 533. The van der Waals surface area contributed by atoms with Crippen LogP contribution < -0.4 is 4.74 Å². The van der Waals surface area contributed by atoms with Crippen molar-refractivity contribution in [3.8, 4) is 5.75 Å². The van der Waals surface area contributed by atoms with Gasteiger partial charge in [-0.25, -0.2) is 0 Å². The molecule has 0 amide bonds. The van der Waals surface area contributed by atoms with Crippen LogP contribution in [0.2, 0.25) is 0 Å². The Morgan fingerprint density at radius 3 is 2.10 bits per heavy atom. The van der Waals surface area contributed by atoms with Crippen molar-refractivity contribution < 1.29 is 13.5 Å². The van der Waals surface area contributed by atoms with E-state index in [2.05, 4.69) is 13.8 Å². The molecular formula is C17H18F2O. The maximum Gasteiger partial charge on any atom is 0.306 e. The number of rotatable bonds is 5. The second kappa shape index (κ2) is 6.04. The van der Waals surface area contributed by atoms with Crippen LogP contribution in [-0.2, 0) is 5.92 Å². The van der Waals surface area contributed by atoms with E-state index in [9.17, 15) is 8.78 Å². The molecule has 2 aromatic rings. The average Bonchev–Trinajstić information content (AvgIpc) is 2.46. The summed E-state index contributed by atoms with van der Waals surface area (Å²) in [5.41, 5.74) is 1.13. The molecule has 0 atom stereocenters. The summed E-state index contributed by atoms with van der Waals surface area (Å²) in [6.45, 7) is 3.51. The normalized spacial score (nSPS) is 11.7. The predicted octanol–water partition coefficient (Wildman–Crippen LogP) is 4.98. The van der Waals surface area contributed by atoms with Gasteiger partial charge in [-0.05, 0) is 23.6 Å². The van der Waals surface area contributed by atoms with E-state index < -0.39 is 12.5 Å². The highest BCUT2D eigenvalue weighted by molar-refractivity contribution is 5.29. The molecule has 0 heterocycles. The van der Waals surface area contributed by atoms with Crippen LogP contribution in [0.15, 0.2) is 54.6 Å². The number of halogens is 2. The summed E-state index contributed by atoms with van der Waals surface area (Å²) in [4.78, 5) is 0. The van der Waals surface area contributed by atoms with Crippen LogP contribution in [0.5, 0.6) is 5.75 Å². The second-order valence-corrected chi connectivity index (χ2v) is 5.08. The Morgan fingerprint density at radius 2 is 1.55 bits per heavy atom. The molecule has 0 aromatic heterocycles. The third kappa shape index (κ3) is 3.56. The standard InChI is InChI=1S/C17H18F2O/c1-13(2)14-8-10-16(11-9-14)20-12-17(18,19)15-6-4-3-5-7-15/h3-11,13H,12H2,1-2H3. The molecule has 20 heavy (non-hydrogen) atoms. The summed E-state index contributed by atoms with van der Waals surface area (Å²) in [5.74, 6) is -2.11. The number of hydrogen-bond acceptors (Lipinski definition) is 1. The van der Waals surface area contributed by atoms with Crippen LogP contribution in [0, 0.1) is 0 Å². The Kier molecular flexibility index (Phi) is 4.38. The van der Waals surface area contributed by atoms with Crippen LogP contribution in [0.1, 0.15) is 30.9 Å². The largest absolute Gasteiger partial charge is 0.487 e. The molecule has 0 spiro atoms. The van der Waals surface area contributed by atoms with E-state index >= 15 is 0 Å². The van der Waals surface area contributed by atoms with Gasteiger partial charge >= 0.3 is 5.92 Å². The lowest BCUT2D eigenvalue weighted by atomic mass is 10.0. The van der Waals surface area contributed by atoms with Crippen LogP contribution in [0.4, 0.5) is 8.78 Å². The third-order valence-corrected chi connectivity index (χ3v) is 3.16. The molecule has 0 aliphatic rings. The molecule has 3 heteroatoms. The number of benzene rings is 2. The Labute approximate surface area is 118 Å². The van der Waals surface area contributed by atoms with Crippen molar-refractivity contribution in [2.24, 2.45) is 0 Å². The first-order chi connectivity index (χ1) is 9.49. The van der Waals surface area contributed by atoms with Gasteiger partial charge in [0.05, 0.1) is 0 Å². The van der Waals surface area contributed by atoms with Crippen molar-refractivity contribution in [3.05, 3.63) is 65.7 Å². The first-order valence-corrected chi connectivity index (χ1v) is 6.65. The second-order valence-electron chi connectivity index (χ2n) is 5.08. The summed E-state index contributed by atoms with van der Waals surface area (Å²) in [6.07, 6.45) is 0. The molecule has 0 aliphatic heterocycles. The molecule has 2 aromatic carbocycles.